The number of benzene rings is 4. The minimum absolute atomic E-state index is 0.127. The fourth-order valence-corrected chi connectivity index (χ4v) is 8.16. The van der Waals surface area contributed by atoms with Gasteiger partial charge < -0.3 is 11.1 Å². The molecule has 54 heavy (non-hydrogen) atoms. The van der Waals surface area contributed by atoms with Crippen LogP contribution in [0.4, 0.5) is 5.69 Å². The van der Waals surface area contributed by atoms with E-state index in [1.165, 1.54) is 56.5 Å². The molecule has 0 amide bonds. The molecule has 0 spiro atoms. The van der Waals surface area contributed by atoms with Gasteiger partial charge in [-0.1, -0.05) is 159 Å². The lowest BCUT2D eigenvalue weighted by molar-refractivity contribution is 0.431. The maximum absolute atomic E-state index is 6.91. The average Bonchev–Trinajstić information content (AvgIpc) is 3.24. The van der Waals surface area contributed by atoms with Crippen molar-refractivity contribution in [2.24, 2.45) is 17.8 Å². The van der Waals surface area contributed by atoms with E-state index in [-0.39, 0.29) is 12.0 Å². The summed E-state index contributed by atoms with van der Waals surface area (Å²) >= 11 is 0. The van der Waals surface area contributed by atoms with Crippen LogP contribution in [-0.4, -0.2) is 6.04 Å². The number of nitrogens with two attached hydrogens (primary N) is 1. The van der Waals surface area contributed by atoms with Crippen molar-refractivity contribution in [1.29, 1.82) is 0 Å². The van der Waals surface area contributed by atoms with E-state index >= 15 is 0 Å². The van der Waals surface area contributed by atoms with Crippen molar-refractivity contribution in [2.45, 2.75) is 58.4 Å². The van der Waals surface area contributed by atoms with Gasteiger partial charge in [0.25, 0.3) is 0 Å². The second-order valence-electron chi connectivity index (χ2n) is 14.8. The number of allylic oxidation sites excluding steroid dienone is 11. The molecule has 0 saturated carbocycles. The molecule has 4 unspecified atom stereocenters. The standard InChI is InChI=1S/C52H52N2/c1-4-14-40-19-12-13-20-46(40)34-38(5-2)52-32-30-48(36-54-52)49(33-37(3)39-21-23-43(24-22-39)41-15-8-6-9-16-41)50-35-47(29-31-51(50)53)45-27-25-44(26-28-45)42-17-10-7-11-18-42/h5-13,15-21,23,25-29,31,33-37,39-40,43,52,54H,22,24,30,32,53H2,1-3H3/b38-5+,46-34-,49-33-/t37-,39?,40?,43?,52?/m0/s1. The minimum atomic E-state index is 0.127. The summed E-state index contributed by atoms with van der Waals surface area (Å²) in [5.74, 6) is 7.89. The normalized spacial score (nSPS) is 22.6. The molecule has 1 heterocycles. The number of nitrogen functional groups attached to an aromatic ring is 1. The Morgan fingerprint density at radius 1 is 0.796 bits per heavy atom. The predicted octanol–water partition coefficient (Wildman–Crippen LogP) is 12.6. The molecule has 2 nitrogen and oxygen atoms in total. The third-order valence-electron chi connectivity index (χ3n) is 11.3. The summed E-state index contributed by atoms with van der Waals surface area (Å²) in [6.07, 6.45) is 27.1. The molecule has 270 valence electrons. The van der Waals surface area contributed by atoms with Gasteiger partial charge >= 0.3 is 0 Å². The fraction of sp³-hybridized carbons (Fsp3) is 0.231. The zero-order chi connectivity index (χ0) is 37.3. The maximum Gasteiger partial charge on any atom is 0.0635 e. The highest BCUT2D eigenvalue weighted by Gasteiger charge is 2.25. The number of hydrogen-bond acceptors (Lipinski definition) is 2. The molecule has 0 saturated heterocycles. The Morgan fingerprint density at radius 2 is 1.50 bits per heavy atom. The molecule has 2 heteroatoms. The minimum Gasteiger partial charge on any atom is -0.398 e. The average molecular weight is 705 g/mol. The molecule has 1 aliphatic heterocycles. The second kappa shape index (κ2) is 17.4. The Bertz CT molecular complexity index is 2200. The van der Waals surface area contributed by atoms with Crippen molar-refractivity contribution in [1.82, 2.24) is 5.32 Å². The SMILES string of the molecule is CC#CC1C=CC=C/C1=C/C(=C\C)C1CCC(/C(=C/[C@H](C)C2C=CC(c3ccccc3)CC2)c2cc(-c3ccc(-c4ccccc4)cc3)ccc2N)=CN1. The first-order valence-corrected chi connectivity index (χ1v) is 19.6. The van der Waals surface area contributed by atoms with Gasteiger partial charge in [0.1, 0.15) is 0 Å². The molecule has 0 bridgehead atoms. The van der Waals surface area contributed by atoms with Crippen LogP contribution in [0.15, 0.2) is 181 Å². The molecule has 2 aliphatic carbocycles. The molecule has 5 atom stereocenters. The monoisotopic (exact) mass is 704 g/mol. The molecule has 0 fully saturated rings. The number of anilines is 1. The van der Waals surface area contributed by atoms with Crippen molar-refractivity contribution in [3.05, 3.63) is 192 Å². The van der Waals surface area contributed by atoms with Crippen LogP contribution in [0.3, 0.4) is 0 Å². The van der Waals surface area contributed by atoms with Crippen molar-refractivity contribution in [3.63, 3.8) is 0 Å². The molecule has 4 aromatic carbocycles. The second-order valence-corrected chi connectivity index (χ2v) is 14.8. The highest BCUT2D eigenvalue weighted by Crippen LogP contribution is 2.40. The summed E-state index contributed by atoms with van der Waals surface area (Å²) < 4.78 is 0. The van der Waals surface area contributed by atoms with E-state index in [2.05, 4.69) is 195 Å². The van der Waals surface area contributed by atoms with Crippen LogP contribution in [0.25, 0.3) is 27.8 Å². The van der Waals surface area contributed by atoms with Crippen LogP contribution in [0.1, 0.15) is 63.5 Å². The summed E-state index contributed by atoms with van der Waals surface area (Å²) in [5.41, 5.74) is 20.1. The molecule has 7 rings (SSSR count). The van der Waals surface area contributed by atoms with E-state index in [0.29, 0.717) is 17.8 Å². The Balaban J connectivity index is 1.20. The first-order valence-electron chi connectivity index (χ1n) is 19.6. The zero-order valence-electron chi connectivity index (χ0n) is 31.9. The molecule has 3 aliphatic rings. The van der Waals surface area contributed by atoms with Gasteiger partial charge in [0.15, 0.2) is 0 Å². The van der Waals surface area contributed by atoms with E-state index in [0.717, 1.165) is 30.5 Å². The summed E-state index contributed by atoms with van der Waals surface area (Å²) in [6, 6.07) is 37.1. The van der Waals surface area contributed by atoms with Crippen LogP contribution in [-0.2, 0) is 0 Å². The fourth-order valence-electron chi connectivity index (χ4n) is 8.16. The van der Waals surface area contributed by atoms with E-state index < -0.39 is 0 Å². The van der Waals surface area contributed by atoms with E-state index in [4.69, 9.17) is 5.73 Å². The highest BCUT2D eigenvalue weighted by atomic mass is 14.9. The largest absolute Gasteiger partial charge is 0.398 e. The van der Waals surface area contributed by atoms with Crippen molar-refractivity contribution < 1.29 is 0 Å². The van der Waals surface area contributed by atoms with Crippen LogP contribution in [0.5, 0.6) is 0 Å². The Morgan fingerprint density at radius 3 is 2.17 bits per heavy atom. The van der Waals surface area contributed by atoms with Gasteiger partial charge in [-0.25, -0.2) is 0 Å². The highest BCUT2D eigenvalue weighted by molar-refractivity contribution is 5.88. The van der Waals surface area contributed by atoms with Gasteiger partial charge in [-0.2, -0.15) is 0 Å². The predicted molar refractivity (Wildman–Crippen MR) is 231 cm³/mol. The summed E-state index contributed by atoms with van der Waals surface area (Å²) in [5, 5.41) is 3.82. The quantitative estimate of drug-likeness (QED) is 0.103. The van der Waals surface area contributed by atoms with Crippen LogP contribution >= 0.6 is 0 Å². The third kappa shape index (κ3) is 8.54. The summed E-state index contributed by atoms with van der Waals surface area (Å²) in [7, 11) is 0. The Kier molecular flexibility index (Phi) is 11.8. The third-order valence-corrected chi connectivity index (χ3v) is 11.3. The first kappa shape index (κ1) is 36.6. The van der Waals surface area contributed by atoms with Crippen LogP contribution < -0.4 is 11.1 Å². The van der Waals surface area contributed by atoms with Gasteiger partial charge in [0.2, 0.25) is 0 Å². The topological polar surface area (TPSA) is 38.0 Å². The van der Waals surface area contributed by atoms with Gasteiger partial charge in [0, 0.05) is 23.4 Å². The van der Waals surface area contributed by atoms with Gasteiger partial charge in [-0.15, -0.1) is 5.92 Å². The van der Waals surface area contributed by atoms with Gasteiger partial charge in [0.05, 0.1) is 12.0 Å². The molecular weight excluding hydrogens is 653 g/mol. The van der Waals surface area contributed by atoms with Crippen molar-refractivity contribution in [3.8, 4) is 34.1 Å². The van der Waals surface area contributed by atoms with E-state index in [1.54, 1.807) is 0 Å². The molecule has 4 aromatic rings. The lowest BCUT2D eigenvalue weighted by Crippen LogP contribution is -2.30. The maximum atomic E-state index is 6.91. The van der Waals surface area contributed by atoms with Crippen molar-refractivity contribution >= 4 is 11.3 Å². The van der Waals surface area contributed by atoms with Gasteiger partial charge in [-0.05, 0) is 114 Å². The lowest BCUT2D eigenvalue weighted by Gasteiger charge is -2.30. The lowest BCUT2D eigenvalue weighted by atomic mass is 9.77. The summed E-state index contributed by atoms with van der Waals surface area (Å²) in [4.78, 5) is 0. The van der Waals surface area contributed by atoms with Crippen LogP contribution in [0.2, 0.25) is 0 Å². The molecular formula is C52H52N2. The Hall–Kier alpha value is -5.78. The number of nitrogens with one attached hydrogen (secondary N) is 1. The summed E-state index contributed by atoms with van der Waals surface area (Å²) in [6.45, 7) is 6.44. The number of hydrogen-bond donors (Lipinski definition) is 2. The van der Waals surface area contributed by atoms with Gasteiger partial charge in [-0.3, -0.25) is 0 Å². The number of rotatable bonds is 9. The first-order chi connectivity index (χ1) is 26.5. The zero-order valence-corrected chi connectivity index (χ0v) is 31.9. The van der Waals surface area contributed by atoms with E-state index in [1.807, 2.05) is 6.92 Å². The van der Waals surface area contributed by atoms with Crippen LogP contribution in [0, 0.1) is 29.6 Å². The molecule has 0 aromatic heterocycles. The molecule has 3 N–H and O–H groups in total. The molecule has 0 radical (unpaired) electrons. The smallest absolute Gasteiger partial charge is 0.0635 e. The van der Waals surface area contributed by atoms with Crippen molar-refractivity contribution in [2.75, 3.05) is 5.73 Å². The van der Waals surface area contributed by atoms with E-state index in [9.17, 15) is 0 Å². The Labute approximate surface area is 323 Å².